The van der Waals surface area contributed by atoms with Gasteiger partial charge in [0.1, 0.15) is 5.00 Å². The van der Waals surface area contributed by atoms with Crippen molar-refractivity contribution in [2.75, 3.05) is 17.2 Å². The topological polar surface area (TPSA) is 24.1 Å². The predicted molar refractivity (Wildman–Crippen MR) is 52.9 cm³/mol. The summed E-state index contributed by atoms with van der Waals surface area (Å²) < 4.78 is 0. The molecule has 1 aromatic rings. The summed E-state index contributed by atoms with van der Waals surface area (Å²) in [5.74, 6) is 0.938. The van der Waals surface area contributed by atoms with Gasteiger partial charge in [0.15, 0.2) is 0 Å². The zero-order valence-corrected chi connectivity index (χ0v) is 7.66. The van der Waals surface area contributed by atoms with Crippen molar-refractivity contribution in [1.29, 1.82) is 0 Å². The average Bonchev–Trinajstić information content (AvgIpc) is 2.84. The van der Waals surface area contributed by atoms with Gasteiger partial charge in [0, 0.05) is 12.6 Å². The molecule has 2 heterocycles. The molecule has 1 saturated carbocycles. The minimum atomic E-state index is 0.691. The molecule has 0 radical (unpaired) electrons. The number of fused-ring (bicyclic) bond motifs is 1. The van der Waals surface area contributed by atoms with Crippen LogP contribution in [0.5, 0.6) is 0 Å². The Kier molecular flexibility index (Phi) is 1.35. The smallest absolute Gasteiger partial charge is 0.112 e. The van der Waals surface area contributed by atoms with E-state index in [9.17, 15) is 0 Å². The summed E-state index contributed by atoms with van der Waals surface area (Å²) in [5, 5.41) is 10.5. The molecule has 0 aromatic carbocycles. The van der Waals surface area contributed by atoms with Crippen molar-refractivity contribution in [2.24, 2.45) is 5.92 Å². The Morgan fingerprint density at radius 2 is 2.33 bits per heavy atom. The first-order valence-corrected chi connectivity index (χ1v) is 5.39. The molecule has 1 aliphatic heterocycles. The van der Waals surface area contributed by atoms with Crippen LogP contribution in [-0.4, -0.2) is 12.6 Å². The lowest BCUT2D eigenvalue weighted by Crippen LogP contribution is -2.33. The predicted octanol–water partition coefficient (Wildman–Crippen LogP) is 2.36. The number of hydrogen-bond donors (Lipinski definition) is 2. The fraction of sp³-hybridized carbons (Fsp3) is 0.556. The molecule has 1 atom stereocenters. The molecule has 0 bridgehead atoms. The highest BCUT2D eigenvalue weighted by molar-refractivity contribution is 7.14. The zero-order valence-electron chi connectivity index (χ0n) is 6.84. The van der Waals surface area contributed by atoms with E-state index in [0.717, 1.165) is 12.5 Å². The quantitative estimate of drug-likeness (QED) is 0.693. The lowest BCUT2D eigenvalue weighted by atomic mass is 10.1. The van der Waals surface area contributed by atoms with Gasteiger partial charge in [-0.1, -0.05) is 0 Å². The summed E-state index contributed by atoms with van der Waals surface area (Å²) in [6, 6.07) is 2.84. The maximum absolute atomic E-state index is 3.59. The Hall–Kier alpha value is -0.700. The van der Waals surface area contributed by atoms with E-state index >= 15 is 0 Å². The van der Waals surface area contributed by atoms with Gasteiger partial charge in [0.2, 0.25) is 0 Å². The summed E-state index contributed by atoms with van der Waals surface area (Å²) >= 11 is 1.80. The molecule has 64 valence electrons. The van der Waals surface area contributed by atoms with E-state index in [1.54, 1.807) is 11.3 Å². The van der Waals surface area contributed by atoms with Crippen LogP contribution in [0.25, 0.3) is 0 Å². The second kappa shape index (κ2) is 2.39. The van der Waals surface area contributed by atoms with Crippen LogP contribution in [-0.2, 0) is 0 Å². The molecular weight excluding hydrogens is 168 g/mol. The van der Waals surface area contributed by atoms with Crippen LogP contribution in [0.3, 0.4) is 0 Å². The summed E-state index contributed by atoms with van der Waals surface area (Å²) in [4.78, 5) is 0. The number of thiophene rings is 1. The normalized spacial score (nSPS) is 27.2. The van der Waals surface area contributed by atoms with Crippen molar-refractivity contribution in [3.8, 4) is 0 Å². The van der Waals surface area contributed by atoms with Crippen molar-refractivity contribution in [3.05, 3.63) is 11.4 Å². The molecule has 2 aliphatic rings. The van der Waals surface area contributed by atoms with Crippen LogP contribution in [0.15, 0.2) is 11.4 Å². The Balaban J connectivity index is 1.83. The van der Waals surface area contributed by atoms with E-state index in [1.165, 1.54) is 23.5 Å². The van der Waals surface area contributed by atoms with Crippen molar-refractivity contribution in [1.82, 2.24) is 0 Å². The first kappa shape index (κ1) is 6.78. The standard InChI is InChI=1S/C9H12N2S/c1-2-6(1)8-5-10-7-3-4-12-9(7)11-8/h3-4,6,8,10-11H,1-2,5H2. The maximum Gasteiger partial charge on any atom is 0.112 e. The van der Waals surface area contributed by atoms with Crippen LogP contribution < -0.4 is 10.6 Å². The van der Waals surface area contributed by atoms with Crippen LogP contribution in [0.4, 0.5) is 10.7 Å². The van der Waals surface area contributed by atoms with Crippen molar-refractivity contribution in [2.45, 2.75) is 18.9 Å². The van der Waals surface area contributed by atoms with Gasteiger partial charge in [-0.15, -0.1) is 11.3 Å². The zero-order chi connectivity index (χ0) is 7.97. The molecule has 12 heavy (non-hydrogen) atoms. The molecule has 2 N–H and O–H groups in total. The van der Waals surface area contributed by atoms with Crippen LogP contribution >= 0.6 is 11.3 Å². The lowest BCUT2D eigenvalue weighted by molar-refractivity contribution is 0.656. The molecule has 1 unspecified atom stereocenters. The monoisotopic (exact) mass is 180 g/mol. The molecule has 0 spiro atoms. The van der Waals surface area contributed by atoms with Crippen molar-refractivity contribution in [3.63, 3.8) is 0 Å². The average molecular weight is 180 g/mol. The summed E-state index contributed by atoms with van der Waals surface area (Å²) in [6.45, 7) is 1.11. The van der Waals surface area contributed by atoms with Crippen molar-refractivity contribution >= 4 is 22.0 Å². The van der Waals surface area contributed by atoms with E-state index in [0.29, 0.717) is 6.04 Å². The highest BCUT2D eigenvalue weighted by Gasteiger charge is 2.33. The molecule has 0 saturated heterocycles. The summed E-state index contributed by atoms with van der Waals surface area (Å²) in [7, 11) is 0. The number of hydrogen-bond acceptors (Lipinski definition) is 3. The van der Waals surface area contributed by atoms with Gasteiger partial charge >= 0.3 is 0 Å². The first-order valence-electron chi connectivity index (χ1n) is 4.51. The third-order valence-corrected chi connectivity index (χ3v) is 3.53. The molecule has 1 fully saturated rings. The maximum atomic E-state index is 3.59. The Labute approximate surface area is 76.0 Å². The fourth-order valence-electron chi connectivity index (χ4n) is 1.78. The minimum Gasteiger partial charge on any atom is -0.381 e. The van der Waals surface area contributed by atoms with Gasteiger partial charge in [-0.25, -0.2) is 0 Å². The van der Waals surface area contributed by atoms with Gasteiger partial charge in [-0.2, -0.15) is 0 Å². The molecule has 3 rings (SSSR count). The van der Waals surface area contributed by atoms with E-state index in [2.05, 4.69) is 22.1 Å². The molecule has 2 nitrogen and oxygen atoms in total. The van der Waals surface area contributed by atoms with Gasteiger partial charge < -0.3 is 10.6 Å². The van der Waals surface area contributed by atoms with E-state index < -0.39 is 0 Å². The van der Waals surface area contributed by atoms with Gasteiger partial charge in [0.25, 0.3) is 0 Å². The lowest BCUT2D eigenvalue weighted by Gasteiger charge is -2.25. The first-order chi connectivity index (χ1) is 5.93. The molecule has 1 aliphatic carbocycles. The third-order valence-electron chi connectivity index (χ3n) is 2.69. The molecule has 1 aromatic heterocycles. The SMILES string of the molecule is c1cc2c(s1)NC(C1CC1)CN2. The minimum absolute atomic E-state index is 0.691. The largest absolute Gasteiger partial charge is 0.381 e. The number of nitrogens with one attached hydrogen (secondary N) is 2. The summed E-state index contributed by atoms with van der Waals surface area (Å²) in [5.41, 5.74) is 1.29. The second-order valence-electron chi connectivity index (χ2n) is 3.63. The van der Waals surface area contributed by atoms with E-state index in [-0.39, 0.29) is 0 Å². The molecule has 3 heteroatoms. The van der Waals surface area contributed by atoms with Crippen LogP contribution in [0.2, 0.25) is 0 Å². The Bertz CT molecular complexity index is 290. The van der Waals surface area contributed by atoms with Crippen LogP contribution in [0.1, 0.15) is 12.8 Å². The summed E-state index contributed by atoms with van der Waals surface area (Å²) in [6.07, 6.45) is 2.83. The van der Waals surface area contributed by atoms with E-state index in [4.69, 9.17) is 0 Å². The highest BCUT2D eigenvalue weighted by atomic mass is 32.1. The second-order valence-corrected chi connectivity index (χ2v) is 4.55. The van der Waals surface area contributed by atoms with Gasteiger partial charge in [0.05, 0.1) is 5.69 Å². The van der Waals surface area contributed by atoms with E-state index in [1.807, 2.05) is 0 Å². The Morgan fingerprint density at radius 3 is 3.17 bits per heavy atom. The number of rotatable bonds is 1. The highest BCUT2D eigenvalue weighted by Crippen LogP contribution is 2.39. The fourth-order valence-corrected chi connectivity index (χ4v) is 2.61. The third kappa shape index (κ3) is 1.00. The van der Waals surface area contributed by atoms with Crippen molar-refractivity contribution < 1.29 is 0 Å². The van der Waals surface area contributed by atoms with Crippen LogP contribution in [0, 0.1) is 5.92 Å². The molecular formula is C9H12N2S. The van der Waals surface area contributed by atoms with Gasteiger partial charge in [-0.3, -0.25) is 0 Å². The molecule has 0 amide bonds. The number of anilines is 2. The van der Waals surface area contributed by atoms with Gasteiger partial charge in [-0.05, 0) is 30.2 Å². The Morgan fingerprint density at radius 1 is 1.42 bits per heavy atom.